The van der Waals surface area contributed by atoms with Crippen molar-refractivity contribution in [1.82, 2.24) is 14.8 Å². The predicted molar refractivity (Wildman–Crippen MR) is 106 cm³/mol. The molecule has 0 atom stereocenters. The first kappa shape index (κ1) is 18.7. The fraction of sp³-hybridized carbons (Fsp3) is 0.476. The molecule has 4 rings (SSSR count). The van der Waals surface area contributed by atoms with Gasteiger partial charge in [-0.05, 0) is 37.0 Å². The number of nitrogens with zero attached hydrogens (tertiary/aromatic N) is 4. The fourth-order valence-corrected chi connectivity index (χ4v) is 3.55. The summed E-state index contributed by atoms with van der Waals surface area (Å²) < 4.78 is 20.7. The van der Waals surface area contributed by atoms with Crippen molar-refractivity contribution in [3.8, 4) is 0 Å². The second-order valence-corrected chi connectivity index (χ2v) is 8.53. The molecule has 0 radical (unpaired) electrons. The fourth-order valence-electron chi connectivity index (χ4n) is 3.55. The van der Waals surface area contributed by atoms with Gasteiger partial charge < -0.3 is 9.32 Å². The van der Waals surface area contributed by atoms with E-state index in [1.54, 1.807) is 16.8 Å². The Morgan fingerprint density at radius 1 is 1.18 bits per heavy atom. The summed E-state index contributed by atoms with van der Waals surface area (Å²) in [7, 11) is 0. The van der Waals surface area contributed by atoms with Crippen LogP contribution < -0.4 is 10.5 Å². The van der Waals surface area contributed by atoms with E-state index in [9.17, 15) is 9.18 Å². The van der Waals surface area contributed by atoms with Crippen molar-refractivity contribution in [1.29, 1.82) is 0 Å². The van der Waals surface area contributed by atoms with E-state index in [1.807, 2.05) is 6.07 Å². The zero-order chi connectivity index (χ0) is 19.9. The molecule has 1 aliphatic heterocycles. The number of hydrogen-bond acceptors (Lipinski definition) is 5. The van der Waals surface area contributed by atoms with Crippen molar-refractivity contribution in [3.63, 3.8) is 0 Å². The molecule has 0 saturated carbocycles. The average Bonchev–Trinajstić information content (AvgIpc) is 3.06. The second kappa shape index (κ2) is 7.04. The lowest BCUT2D eigenvalue weighted by Crippen LogP contribution is -2.37. The second-order valence-electron chi connectivity index (χ2n) is 8.53. The summed E-state index contributed by atoms with van der Waals surface area (Å²) >= 11 is 0. The lowest BCUT2D eigenvalue weighted by atomic mass is 9.92. The molecule has 0 spiro atoms. The van der Waals surface area contributed by atoms with E-state index in [0.29, 0.717) is 29.6 Å². The van der Waals surface area contributed by atoms with Crippen LogP contribution in [-0.4, -0.2) is 27.9 Å². The SMILES string of the molecule is CC(C)(C)c1ccc(=O)n(CC2CCN(c3nc4ccc(F)cc4o3)CC2)n1. The van der Waals surface area contributed by atoms with E-state index in [2.05, 4.69) is 35.8 Å². The number of piperidine rings is 1. The first-order valence-corrected chi connectivity index (χ1v) is 9.69. The van der Waals surface area contributed by atoms with Gasteiger partial charge in [0, 0.05) is 37.2 Å². The van der Waals surface area contributed by atoms with Gasteiger partial charge in [0.15, 0.2) is 5.58 Å². The van der Waals surface area contributed by atoms with E-state index in [0.717, 1.165) is 31.6 Å². The zero-order valence-corrected chi connectivity index (χ0v) is 16.5. The van der Waals surface area contributed by atoms with E-state index in [4.69, 9.17) is 4.42 Å². The zero-order valence-electron chi connectivity index (χ0n) is 16.5. The Hall–Kier alpha value is -2.70. The van der Waals surface area contributed by atoms with Crippen molar-refractivity contribution in [2.75, 3.05) is 18.0 Å². The van der Waals surface area contributed by atoms with Crippen LogP contribution >= 0.6 is 0 Å². The highest BCUT2D eigenvalue weighted by Crippen LogP contribution is 2.27. The van der Waals surface area contributed by atoms with Crippen LogP contribution in [0.2, 0.25) is 0 Å². The van der Waals surface area contributed by atoms with E-state index < -0.39 is 0 Å². The van der Waals surface area contributed by atoms with Crippen LogP contribution in [0, 0.1) is 11.7 Å². The third-order valence-electron chi connectivity index (χ3n) is 5.29. The molecule has 0 amide bonds. The van der Waals surface area contributed by atoms with Crippen LogP contribution in [0.15, 0.2) is 39.5 Å². The van der Waals surface area contributed by atoms with Crippen LogP contribution in [0.1, 0.15) is 39.3 Å². The van der Waals surface area contributed by atoms with Gasteiger partial charge in [0.25, 0.3) is 11.6 Å². The lowest BCUT2D eigenvalue weighted by molar-refractivity contribution is 0.323. The molecule has 1 aliphatic rings. The number of benzene rings is 1. The third-order valence-corrected chi connectivity index (χ3v) is 5.29. The van der Waals surface area contributed by atoms with Crippen molar-refractivity contribution in [2.24, 2.45) is 5.92 Å². The maximum Gasteiger partial charge on any atom is 0.298 e. The standard InChI is InChI=1S/C21H25FN4O2/c1-21(2,3)18-6-7-19(27)26(24-18)13-14-8-10-25(11-9-14)20-23-16-5-4-15(22)12-17(16)28-20/h4-7,12,14H,8-11,13H2,1-3H3. The molecular weight excluding hydrogens is 359 g/mol. The molecule has 2 aromatic heterocycles. The highest BCUT2D eigenvalue weighted by molar-refractivity contribution is 5.74. The van der Waals surface area contributed by atoms with Crippen molar-refractivity contribution in [2.45, 2.75) is 45.6 Å². The smallest absolute Gasteiger partial charge is 0.298 e. The van der Waals surface area contributed by atoms with Gasteiger partial charge in [-0.2, -0.15) is 10.1 Å². The summed E-state index contributed by atoms with van der Waals surface area (Å²) in [5, 5.41) is 4.58. The number of rotatable bonds is 3. The Kier molecular flexibility index (Phi) is 4.69. The molecule has 28 heavy (non-hydrogen) atoms. The van der Waals surface area contributed by atoms with Gasteiger partial charge in [0.1, 0.15) is 11.3 Å². The number of anilines is 1. The van der Waals surface area contributed by atoms with Gasteiger partial charge in [-0.15, -0.1) is 0 Å². The van der Waals surface area contributed by atoms with E-state index in [-0.39, 0.29) is 16.8 Å². The van der Waals surface area contributed by atoms with Crippen LogP contribution in [0.4, 0.5) is 10.4 Å². The summed E-state index contributed by atoms with van der Waals surface area (Å²) in [6.07, 6.45) is 1.84. The van der Waals surface area contributed by atoms with Crippen molar-refractivity contribution in [3.05, 3.63) is 52.2 Å². The Balaban J connectivity index is 1.43. The molecular formula is C21H25FN4O2. The number of hydrogen-bond donors (Lipinski definition) is 0. The minimum absolute atomic E-state index is 0.0589. The average molecular weight is 384 g/mol. The van der Waals surface area contributed by atoms with E-state index >= 15 is 0 Å². The molecule has 6 nitrogen and oxygen atoms in total. The topological polar surface area (TPSA) is 64.2 Å². The quantitative estimate of drug-likeness (QED) is 0.688. The maximum atomic E-state index is 13.3. The van der Waals surface area contributed by atoms with Crippen LogP contribution in [-0.2, 0) is 12.0 Å². The Labute approximate surface area is 163 Å². The van der Waals surface area contributed by atoms with Gasteiger partial charge in [-0.1, -0.05) is 20.8 Å². The number of aromatic nitrogens is 3. The monoisotopic (exact) mass is 384 g/mol. The Bertz CT molecular complexity index is 1040. The Morgan fingerprint density at radius 2 is 1.93 bits per heavy atom. The highest BCUT2D eigenvalue weighted by atomic mass is 19.1. The molecule has 0 aliphatic carbocycles. The molecule has 7 heteroatoms. The molecule has 0 unspecified atom stereocenters. The molecule has 1 saturated heterocycles. The molecule has 148 valence electrons. The predicted octanol–water partition coefficient (Wildman–Crippen LogP) is 3.74. The Morgan fingerprint density at radius 3 is 2.64 bits per heavy atom. The number of oxazole rings is 1. The summed E-state index contributed by atoms with van der Waals surface area (Å²) in [6, 6.07) is 8.34. The van der Waals surface area contributed by atoms with Gasteiger partial charge in [-0.25, -0.2) is 9.07 Å². The first-order chi connectivity index (χ1) is 13.3. The highest BCUT2D eigenvalue weighted by Gasteiger charge is 2.24. The minimum Gasteiger partial charge on any atom is -0.423 e. The first-order valence-electron chi connectivity index (χ1n) is 9.69. The summed E-state index contributed by atoms with van der Waals surface area (Å²) in [5.74, 6) is 0.0443. The number of halogens is 1. The van der Waals surface area contributed by atoms with Gasteiger partial charge in [-0.3, -0.25) is 4.79 Å². The molecule has 0 N–H and O–H groups in total. The maximum absolute atomic E-state index is 13.3. The summed E-state index contributed by atoms with van der Waals surface area (Å²) in [4.78, 5) is 18.8. The van der Waals surface area contributed by atoms with Crippen molar-refractivity contribution >= 4 is 17.1 Å². The summed E-state index contributed by atoms with van der Waals surface area (Å²) in [6.45, 7) is 8.47. The van der Waals surface area contributed by atoms with Crippen molar-refractivity contribution < 1.29 is 8.81 Å². The van der Waals surface area contributed by atoms with Crippen LogP contribution in [0.3, 0.4) is 0 Å². The van der Waals surface area contributed by atoms with Gasteiger partial charge >= 0.3 is 0 Å². The lowest BCUT2D eigenvalue weighted by Gasteiger charge is -2.31. The largest absolute Gasteiger partial charge is 0.423 e. The van der Waals surface area contributed by atoms with E-state index in [1.165, 1.54) is 12.1 Å². The minimum atomic E-state index is -0.329. The summed E-state index contributed by atoms with van der Waals surface area (Å²) in [5.41, 5.74) is 1.89. The van der Waals surface area contributed by atoms with Gasteiger partial charge in [0.2, 0.25) is 0 Å². The molecule has 3 heterocycles. The third kappa shape index (κ3) is 3.79. The molecule has 0 bridgehead atoms. The molecule has 3 aromatic rings. The number of fused-ring (bicyclic) bond motifs is 1. The molecule has 1 aromatic carbocycles. The van der Waals surface area contributed by atoms with Crippen LogP contribution in [0.25, 0.3) is 11.1 Å². The molecule has 1 fully saturated rings. The van der Waals surface area contributed by atoms with Gasteiger partial charge in [0.05, 0.1) is 5.69 Å². The normalized spacial score (nSPS) is 16.1. The van der Waals surface area contributed by atoms with Crippen LogP contribution in [0.5, 0.6) is 0 Å².